The van der Waals surface area contributed by atoms with Crippen molar-refractivity contribution in [1.29, 1.82) is 0 Å². The molecule has 26 heavy (non-hydrogen) atoms. The van der Waals surface area contributed by atoms with E-state index < -0.39 is 0 Å². The Labute approximate surface area is 158 Å². The molecule has 6 nitrogen and oxygen atoms in total. The standard InChI is InChI=1S/C20H35N5O/c1-5-26-13-11-20(9-6-7-10-20)16-24-19(21-2)23-15-17-8-12-22-18(14-17)25(3)4/h8,12,14H,5-7,9-11,13,15-16H2,1-4H3,(H2,21,23,24). The van der Waals surface area contributed by atoms with Gasteiger partial charge in [-0.1, -0.05) is 12.8 Å². The summed E-state index contributed by atoms with van der Waals surface area (Å²) in [5.41, 5.74) is 1.54. The number of nitrogens with zero attached hydrogens (tertiary/aromatic N) is 3. The molecule has 1 fully saturated rings. The van der Waals surface area contributed by atoms with Gasteiger partial charge in [-0.05, 0) is 49.3 Å². The molecule has 6 heteroatoms. The first-order valence-corrected chi connectivity index (χ1v) is 9.73. The second-order valence-electron chi connectivity index (χ2n) is 7.35. The zero-order valence-corrected chi connectivity index (χ0v) is 16.8. The predicted molar refractivity (Wildman–Crippen MR) is 109 cm³/mol. The van der Waals surface area contributed by atoms with E-state index in [1.807, 2.05) is 38.3 Å². The molecule has 1 aromatic rings. The molecule has 1 aliphatic rings. The Hall–Kier alpha value is -1.82. The normalized spacial score (nSPS) is 16.5. The second-order valence-corrected chi connectivity index (χ2v) is 7.35. The van der Waals surface area contributed by atoms with E-state index in [9.17, 15) is 0 Å². The van der Waals surface area contributed by atoms with Crippen molar-refractivity contribution in [2.45, 2.75) is 45.6 Å². The van der Waals surface area contributed by atoms with Crippen LogP contribution < -0.4 is 15.5 Å². The third-order valence-electron chi connectivity index (χ3n) is 5.23. The van der Waals surface area contributed by atoms with Gasteiger partial charge in [0, 0.05) is 53.6 Å². The summed E-state index contributed by atoms with van der Waals surface area (Å²) in [5, 5.41) is 6.97. The Morgan fingerprint density at radius 2 is 2.08 bits per heavy atom. The average Bonchev–Trinajstić information content (AvgIpc) is 3.11. The lowest BCUT2D eigenvalue weighted by atomic mass is 9.83. The molecule has 0 aromatic carbocycles. The number of hydrogen-bond donors (Lipinski definition) is 2. The summed E-state index contributed by atoms with van der Waals surface area (Å²) in [4.78, 5) is 10.8. The van der Waals surface area contributed by atoms with E-state index in [-0.39, 0.29) is 0 Å². The van der Waals surface area contributed by atoms with Gasteiger partial charge in [0.15, 0.2) is 5.96 Å². The van der Waals surface area contributed by atoms with Gasteiger partial charge >= 0.3 is 0 Å². The van der Waals surface area contributed by atoms with Crippen LogP contribution in [-0.4, -0.2) is 51.8 Å². The lowest BCUT2D eigenvalue weighted by Crippen LogP contribution is -2.43. The van der Waals surface area contributed by atoms with Crippen LogP contribution in [-0.2, 0) is 11.3 Å². The highest BCUT2D eigenvalue weighted by atomic mass is 16.5. The fourth-order valence-electron chi connectivity index (χ4n) is 3.57. The molecule has 1 aromatic heterocycles. The van der Waals surface area contributed by atoms with Crippen LogP contribution in [0.25, 0.3) is 0 Å². The maximum Gasteiger partial charge on any atom is 0.191 e. The number of hydrogen-bond acceptors (Lipinski definition) is 4. The smallest absolute Gasteiger partial charge is 0.191 e. The third kappa shape index (κ3) is 6.16. The summed E-state index contributed by atoms with van der Waals surface area (Å²) in [6.45, 7) is 5.41. The molecule has 0 bridgehead atoms. The van der Waals surface area contributed by atoms with Crippen molar-refractivity contribution in [3.63, 3.8) is 0 Å². The SMILES string of the molecule is CCOCCC1(CNC(=NC)NCc2ccnc(N(C)C)c2)CCCC1. The average molecular weight is 362 g/mol. The molecule has 0 saturated heterocycles. The molecule has 146 valence electrons. The quantitative estimate of drug-likeness (QED) is 0.402. The van der Waals surface area contributed by atoms with Crippen molar-refractivity contribution >= 4 is 11.8 Å². The van der Waals surface area contributed by atoms with E-state index in [0.29, 0.717) is 5.41 Å². The zero-order chi connectivity index (χ0) is 18.8. The Morgan fingerprint density at radius 1 is 1.31 bits per heavy atom. The second kappa shape index (κ2) is 10.4. The van der Waals surface area contributed by atoms with Gasteiger partial charge in [0.1, 0.15) is 5.82 Å². The first kappa shape index (κ1) is 20.5. The van der Waals surface area contributed by atoms with Crippen molar-refractivity contribution in [3.05, 3.63) is 23.9 Å². The maximum atomic E-state index is 5.61. The number of pyridine rings is 1. The van der Waals surface area contributed by atoms with Crippen molar-refractivity contribution < 1.29 is 4.74 Å². The summed E-state index contributed by atoms with van der Waals surface area (Å²) >= 11 is 0. The van der Waals surface area contributed by atoms with Gasteiger partial charge in [0.25, 0.3) is 0 Å². The summed E-state index contributed by atoms with van der Waals surface area (Å²) < 4.78 is 5.61. The number of aromatic nitrogens is 1. The Kier molecular flexibility index (Phi) is 8.16. The zero-order valence-electron chi connectivity index (χ0n) is 16.8. The summed E-state index contributed by atoms with van der Waals surface area (Å²) in [5.74, 6) is 1.82. The van der Waals surface area contributed by atoms with Crippen molar-refractivity contribution in [2.75, 3.05) is 45.8 Å². The van der Waals surface area contributed by atoms with Gasteiger partial charge < -0.3 is 20.3 Å². The van der Waals surface area contributed by atoms with Crippen LogP contribution in [0.5, 0.6) is 0 Å². The van der Waals surface area contributed by atoms with Crippen molar-refractivity contribution in [2.24, 2.45) is 10.4 Å². The molecule has 2 rings (SSSR count). The van der Waals surface area contributed by atoms with Gasteiger partial charge in [-0.3, -0.25) is 4.99 Å². The monoisotopic (exact) mass is 361 g/mol. The minimum Gasteiger partial charge on any atom is -0.382 e. The van der Waals surface area contributed by atoms with Crippen LogP contribution in [0.15, 0.2) is 23.3 Å². The lowest BCUT2D eigenvalue weighted by Gasteiger charge is -2.30. The van der Waals surface area contributed by atoms with E-state index in [1.165, 1.54) is 31.2 Å². The molecular formula is C20H35N5O. The van der Waals surface area contributed by atoms with Gasteiger partial charge in [-0.15, -0.1) is 0 Å². The van der Waals surface area contributed by atoms with E-state index in [4.69, 9.17) is 4.74 Å². The molecular weight excluding hydrogens is 326 g/mol. The minimum absolute atomic E-state index is 0.349. The summed E-state index contributed by atoms with van der Waals surface area (Å²) in [7, 11) is 5.83. The Bertz CT molecular complexity index is 567. The van der Waals surface area contributed by atoms with Crippen LogP contribution in [0, 0.1) is 5.41 Å². The van der Waals surface area contributed by atoms with Crippen LogP contribution in [0.3, 0.4) is 0 Å². The van der Waals surface area contributed by atoms with Gasteiger partial charge in [-0.2, -0.15) is 0 Å². The molecule has 0 amide bonds. The lowest BCUT2D eigenvalue weighted by molar-refractivity contribution is 0.105. The number of guanidine groups is 1. The van der Waals surface area contributed by atoms with Gasteiger partial charge in [0.2, 0.25) is 0 Å². The molecule has 1 saturated carbocycles. The van der Waals surface area contributed by atoms with Gasteiger partial charge in [-0.25, -0.2) is 4.98 Å². The van der Waals surface area contributed by atoms with E-state index >= 15 is 0 Å². The maximum absolute atomic E-state index is 5.61. The molecule has 0 radical (unpaired) electrons. The van der Waals surface area contributed by atoms with Crippen LogP contribution in [0.1, 0.15) is 44.6 Å². The Morgan fingerprint density at radius 3 is 2.73 bits per heavy atom. The van der Waals surface area contributed by atoms with Gasteiger partial charge in [0.05, 0.1) is 0 Å². The highest BCUT2D eigenvalue weighted by molar-refractivity contribution is 5.79. The van der Waals surface area contributed by atoms with Crippen LogP contribution in [0.2, 0.25) is 0 Å². The fourth-order valence-corrected chi connectivity index (χ4v) is 3.57. The van der Waals surface area contributed by atoms with Crippen LogP contribution >= 0.6 is 0 Å². The summed E-state index contributed by atoms with van der Waals surface area (Å²) in [6, 6.07) is 4.13. The molecule has 2 N–H and O–H groups in total. The first-order valence-electron chi connectivity index (χ1n) is 9.73. The van der Waals surface area contributed by atoms with Crippen LogP contribution in [0.4, 0.5) is 5.82 Å². The summed E-state index contributed by atoms with van der Waals surface area (Å²) in [6.07, 6.45) is 8.18. The number of aliphatic imine (C=N–C) groups is 1. The van der Waals surface area contributed by atoms with E-state index in [0.717, 1.165) is 44.5 Å². The van der Waals surface area contributed by atoms with E-state index in [2.05, 4.69) is 33.6 Å². The number of rotatable bonds is 9. The Balaban J connectivity index is 1.85. The largest absolute Gasteiger partial charge is 0.382 e. The molecule has 0 spiro atoms. The molecule has 0 atom stereocenters. The number of nitrogens with one attached hydrogen (secondary N) is 2. The fraction of sp³-hybridized carbons (Fsp3) is 0.700. The predicted octanol–water partition coefficient (Wildman–Crippen LogP) is 2.80. The highest BCUT2D eigenvalue weighted by Crippen LogP contribution is 2.40. The molecule has 1 aliphatic carbocycles. The topological polar surface area (TPSA) is 61.8 Å². The van der Waals surface area contributed by atoms with E-state index in [1.54, 1.807) is 0 Å². The molecule has 0 unspecified atom stereocenters. The van der Waals surface area contributed by atoms with Crippen molar-refractivity contribution in [1.82, 2.24) is 15.6 Å². The first-order chi connectivity index (χ1) is 12.6. The molecule has 0 aliphatic heterocycles. The minimum atomic E-state index is 0.349. The highest BCUT2D eigenvalue weighted by Gasteiger charge is 2.33. The molecule has 1 heterocycles. The number of anilines is 1. The third-order valence-corrected chi connectivity index (χ3v) is 5.23. The number of ether oxygens (including phenoxy) is 1. The van der Waals surface area contributed by atoms with Crippen molar-refractivity contribution in [3.8, 4) is 0 Å².